The second-order valence-corrected chi connectivity index (χ2v) is 13.2. The van der Waals surface area contributed by atoms with Gasteiger partial charge in [0.25, 0.3) is 0 Å². The fourth-order valence-corrected chi connectivity index (χ4v) is 6.25. The van der Waals surface area contributed by atoms with Crippen molar-refractivity contribution in [2.45, 2.75) is 44.9 Å². The molecule has 0 aliphatic carbocycles. The SMILES string of the molecule is CNc1cccc(C(C)N(c2ccc(OC[C@H](O)CNC(C)(C)Cc3ccc4ccccc4c3)c(C#N)c2)S(C)(=O)=O)n1. The number of aromatic nitrogens is 1. The Bertz CT molecular complexity index is 1720. The Labute approximate surface area is 254 Å². The molecule has 0 bridgehead atoms. The van der Waals surface area contributed by atoms with Crippen molar-refractivity contribution in [2.75, 3.05) is 36.1 Å². The highest BCUT2D eigenvalue weighted by Crippen LogP contribution is 2.32. The van der Waals surface area contributed by atoms with Crippen LogP contribution in [-0.2, 0) is 16.4 Å². The van der Waals surface area contributed by atoms with E-state index in [2.05, 4.69) is 65.9 Å². The molecule has 1 aromatic heterocycles. The van der Waals surface area contributed by atoms with Gasteiger partial charge in [-0.3, -0.25) is 4.31 Å². The van der Waals surface area contributed by atoms with Gasteiger partial charge in [0.05, 0.1) is 29.2 Å². The molecule has 0 aliphatic rings. The van der Waals surface area contributed by atoms with Crippen LogP contribution < -0.4 is 19.7 Å². The Morgan fingerprint density at radius 2 is 1.79 bits per heavy atom. The topological polar surface area (TPSA) is 128 Å². The van der Waals surface area contributed by atoms with Crippen molar-refractivity contribution in [2.24, 2.45) is 0 Å². The maximum atomic E-state index is 12.9. The number of β-amino-alcohol motifs (C(OH)–C–C–N with tert-alkyl or cyclic N) is 1. The fraction of sp³-hybridized carbons (Fsp3) is 0.333. The molecule has 2 atom stereocenters. The molecule has 1 heterocycles. The minimum absolute atomic E-state index is 0.0417. The highest BCUT2D eigenvalue weighted by atomic mass is 32.2. The lowest BCUT2D eigenvalue weighted by atomic mass is 9.93. The Kier molecular flexibility index (Phi) is 9.91. The minimum Gasteiger partial charge on any atom is -0.489 e. The number of rotatable bonds is 13. The van der Waals surface area contributed by atoms with Crippen LogP contribution in [0.3, 0.4) is 0 Å². The summed E-state index contributed by atoms with van der Waals surface area (Å²) in [5.74, 6) is 0.876. The van der Waals surface area contributed by atoms with Crippen LogP contribution in [0.1, 0.15) is 43.6 Å². The third-order valence-electron chi connectivity index (χ3n) is 7.21. The van der Waals surface area contributed by atoms with Crippen LogP contribution >= 0.6 is 0 Å². The van der Waals surface area contributed by atoms with Crippen molar-refractivity contribution in [1.29, 1.82) is 5.26 Å². The molecule has 4 rings (SSSR count). The first-order chi connectivity index (χ1) is 20.4. The van der Waals surface area contributed by atoms with Crippen molar-refractivity contribution in [3.05, 3.63) is 95.7 Å². The number of anilines is 2. The Balaban J connectivity index is 1.40. The van der Waals surface area contributed by atoms with E-state index >= 15 is 0 Å². The average Bonchev–Trinajstić information content (AvgIpc) is 2.98. The molecule has 0 aliphatic heterocycles. The number of nitrogens with one attached hydrogen (secondary N) is 2. The standard InChI is InChI=1S/C33H39N5O4S/c1-23(30-11-8-12-32(35-4)37-30)38(43(5,40)41)28-15-16-31(27(18-28)20-34)42-22-29(39)21-36-33(2,3)19-24-13-14-25-9-6-7-10-26(25)17-24/h6-18,23,29,36,39H,19,21-22H2,1-5H3,(H,35,37)/t23?,29-/m1/s1. The lowest BCUT2D eigenvalue weighted by Crippen LogP contribution is -2.46. The van der Waals surface area contributed by atoms with Gasteiger partial charge in [-0.25, -0.2) is 13.4 Å². The second kappa shape index (κ2) is 13.4. The van der Waals surface area contributed by atoms with Crippen molar-refractivity contribution in [1.82, 2.24) is 10.3 Å². The largest absolute Gasteiger partial charge is 0.489 e. The molecule has 0 radical (unpaired) electrons. The van der Waals surface area contributed by atoms with Gasteiger partial charge in [-0.05, 0) is 73.9 Å². The van der Waals surface area contributed by atoms with Gasteiger partial charge in [0, 0.05) is 19.1 Å². The van der Waals surface area contributed by atoms with E-state index < -0.39 is 22.2 Å². The van der Waals surface area contributed by atoms with Gasteiger partial charge >= 0.3 is 0 Å². The first-order valence-electron chi connectivity index (χ1n) is 14.1. The lowest BCUT2D eigenvalue weighted by Gasteiger charge is -2.29. The third kappa shape index (κ3) is 8.23. The number of nitriles is 1. The van der Waals surface area contributed by atoms with Crippen LogP contribution in [0.2, 0.25) is 0 Å². The predicted octanol–water partition coefficient (Wildman–Crippen LogP) is 5.03. The number of ether oxygens (including phenoxy) is 1. The highest BCUT2D eigenvalue weighted by Gasteiger charge is 2.27. The second-order valence-electron chi connectivity index (χ2n) is 11.3. The van der Waals surface area contributed by atoms with Crippen molar-refractivity contribution < 1.29 is 18.3 Å². The first-order valence-corrected chi connectivity index (χ1v) is 16.0. The molecular formula is C33H39N5O4S. The molecular weight excluding hydrogens is 562 g/mol. The number of hydrogen-bond acceptors (Lipinski definition) is 8. The van der Waals surface area contributed by atoms with E-state index in [1.54, 1.807) is 44.3 Å². The zero-order chi connectivity index (χ0) is 31.2. The van der Waals surface area contributed by atoms with E-state index in [9.17, 15) is 18.8 Å². The van der Waals surface area contributed by atoms with Gasteiger partial charge in [0.15, 0.2) is 0 Å². The number of hydrogen-bond donors (Lipinski definition) is 3. The van der Waals surface area contributed by atoms with E-state index in [1.165, 1.54) is 26.7 Å². The summed E-state index contributed by atoms with van der Waals surface area (Å²) in [5.41, 5.74) is 1.94. The molecule has 3 N–H and O–H groups in total. The fourth-order valence-electron chi connectivity index (χ4n) is 5.07. The number of pyridine rings is 1. The summed E-state index contributed by atoms with van der Waals surface area (Å²) in [4.78, 5) is 4.49. The van der Waals surface area contributed by atoms with E-state index in [4.69, 9.17) is 4.74 Å². The zero-order valence-corrected chi connectivity index (χ0v) is 26.0. The summed E-state index contributed by atoms with van der Waals surface area (Å²) >= 11 is 0. The number of benzene rings is 3. The molecule has 3 aromatic carbocycles. The van der Waals surface area contributed by atoms with Crippen molar-refractivity contribution in [3.63, 3.8) is 0 Å². The van der Waals surface area contributed by atoms with Crippen LogP contribution in [0.25, 0.3) is 10.8 Å². The van der Waals surface area contributed by atoms with Crippen LogP contribution in [0.5, 0.6) is 5.75 Å². The van der Waals surface area contributed by atoms with Gasteiger partial charge < -0.3 is 20.5 Å². The van der Waals surface area contributed by atoms with Crippen molar-refractivity contribution in [3.8, 4) is 11.8 Å². The monoisotopic (exact) mass is 601 g/mol. The van der Waals surface area contributed by atoms with Gasteiger partial charge in [-0.1, -0.05) is 48.5 Å². The number of aliphatic hydroxyl groups is 1. The summed E-state index contributed by atoms with van der Waals surface area (Å²) in [6.07, 6.45) is 1.06. The van der Waals surface area contributed by atoms with Crippen LogP contribution in [-0.4, -0.2) is 56.6 Å². The highest BCUT2D eigenvalue weighted by molar-refractivity contribution is 7.92. The summed E-state index contributed by atoms with van der Waals surface area (Å²) in [6, 6.07) is 26.1. The van der Waals surface area contributed by atoms with Crippen LogP contribution in [0.15, 0.2) is 78.9 Å². The number of nitrogens with zero attached hydrogens (tertiary/aromatic N) is 3. The average molecular weight is 602 g/mol. The molecule has 10 heteroatoms. The van der Waals surface area contributed by atoms with E-state index in [1.807, 2.05) is 12.1 Å². The molecule has 0 fully saturated rings. The maximum absolute atomic E-state index is 12.9. The molecule has 43 heavy (non-hydrogen) atoms. The molecule has 0 saturated carbocycles. The third-order valence-corrected chi connectivity index (χ3v) is 8.45. The number of aliphatic hydroxyl groups excluding tert-OH is 1. The van der Waals surface area contributed by atoms with E-state index in [0.717, 1.165) is 12.7 Å². The summed E-state index contributed by atoms with van der Waals surface area (Å²) in [7, 11) is -1.99. The number of sulfonamides is 1. The molecule has 4 aromatic rings. The van der Waals surface area contributed by atoms with Gasteiger partial charge in [0.1, 0.15) is 30.3 Å². The van der Waals surface area contributed by atoms with Crippen LogP contribution in [0, 0.1) is 11.3 Å². The van der Waals surface area contributed by atoms with Crippen molar-refractivity contribution >= 4 is 32.3 Å². The van der Waals surface area contributed by atoms with Gasteiger partial charge in [-0.2, -0.15) is 5.26 Å². The normalized spacial score (nSPS) is 13.2. The quantitative estimate of drug-likeness (QED) is 0.195. The van der Waals surface area contributed by atoms with Gasteiger partial charge in [-0.15, -0.1) is 0 Å². The Morgan fingerprint density at radius 3 is 2.49 bits per heavy atom. The van der Waals surface area contributed by atoms with E-state index in [-0.39, 0.29) is 23.5 Å². The molecule has 0 amide bonds. The zero-order valence-electron chi connectivity index (χ0n) is 25.2. The summed E-state index contributed by atoms with van der Waals surface area (Å²) < 4.78 is 32.8. The maximum Gasteiger partial charge on any atom is 0.232 e. The molecule has 0 spiro atoms. The molecule has 1 unspecified atom stereocenters. The number of fused-ring (bicyclic) bond motifs is 1. The van der Waals surface area contributed by atoms with E-state index in [0.29, 0.717) is 23.7 Å². The van der Waals surface area contributed by atoms with Gasteiger partial charge in [0.2, 0.25) is 10.0 Å². The minimum atomic E-state index is -3.73. The molecule has 9 nitrogen and oxygen atoms in total. The van der Waals surface area contributed by atoms with Crippen LogP contribution in [0.4, 0.5) is 11.5 Å². The lowest BCUT2D eigenvalue weighted by molar-refractivity contribution is 0.0987. The Morgan fingerprint density at radius 1 is 1.05 bits per heavy atom. The predicted molar refractivity (Wildman–Crippen MR) is 172 cm³/mol. The molecule has 0 saturated heterocycles. The Hall–Kier alpha value is -4.17. The first kappa shape index (κ1) is 31.8. The summed E-state index contributed by atoms with van der Waals surface area (Å²) in [6.45, 7) is 6.16. The smallest absolute Gasteiger partial charge is 0.232 e. The molecule has 226 valence electrons. The summed E-state index contributed by atoms with van der Waals surface area (Å²) in [5, 5.41) is 29.3.